The van der Waals surface area contributed by atoms with Crippen LogP contribution in [0.1, 0.15) is 11.1 Å². The van der Waals surface area contributed by atoms with Crippen LogP contribution in [-0.4, -0.2) is 13.7 Å². The third kappa shape index (κ3) is 3.78. The van der Waals surface area contributed by atoms with Gasteiger partial charge in [-0.1, -0.05) is 30.0 Å². The molecule has 0 aliphatic rings. The second-order valence-corrected chi connectivity index (χ2v) is 4.13. The number of methoxy groups -OCH3 is 1. The number of hydrogen-bond acceptors (Lipinski definition) is 3. The fraction of sp³-hybridized carbons (Fsp3) is 0.176. The molecule has 0 saturated heterocycles. The van der Waals surface area contributed by atoms with Crippen LogP contribution in [0.25, 0.3) is 0 Å². The van der Waals surface area contributed by atoms with Gasteiger partial charge in [0.15, 0.2) is 0 Å². The van der Waals surface area contributed by atoms with Gasteiger partial charge < -0.3 is 15.2 Å². The highest BCUT2D eigenvalue weighted by molar-refractivity contribution is 5.40. The van der Waals surface area contributed by atoms with Crippen molar-refractivity contribution in [2.45, 2.75) is 6.54 Å². The summed E-state index contributed by atoms with van der Waals surface area (Å²) in [4.78, 5) is 0. The molecule has 0 heterocycles. The molecular formula is C17H17NO2. The number of hydrogen-bond donors (Lipinski definition) is 1. The SMILES string of the molecule is COc1ccc(OCC#Cc2ccccc2)c(CN)c1. The second-order valence-electron chi connectivity index (χ2n) is 4.13. The predicted molar refractivity (Wildman–Crippen MR) is 79.7 cm³/mol. The Morgan fingerprint density at radius 3 is 2.60 bits per heavy atom. The van der Waals surface area contributed by atoms with Gasteiger partial charge in [-0.05, 0) is 30.3 Å². The minimum absolute atomic E-state index is 0.328. The van der Waals surface area contributed by atoms with Crippen LogP contribution in [-0.2, 0) is 6.54 Å². The summed E-state index contributed by atoms with van der Waals surface area (Å²) in [5, 5.41) is 0. The molecule has 0 unspecified atom stereocenters. The lowest BCUT2D eigenvalue weighted by atomic mass is 10.2. The van der Waals surface area contributed by atoms with Crippen molar-refractivity contribution >= 4 is 0 Å². The molecule has 0 aliphatic heterocycles. The summed E-state index contributed by atoms with van der Waals surface area (Å²) in [5.41, 5.74) is 7.58. The van der Waals surface area contributed by atoms with Gasteiger partial charge in [0.2, 0.25) is 0 Å². The van der Waals surface area contributed by atoms with Crippen LogP contribution >= 0.6 is 0 Å². The van der Waals surface area contributed by atoms with E-state index in [1.165, 1.54) is 0 Å². The van der Waals surface area contributed by atoms with E-state index < -0.39 is 0 Å². The highest BCUT2D eigenvalue weighted by atomic mass is 16.5. The van der Waals surface area contributed by atoms with Gasteiger partial charge in [-0.25, -0.2) is 0 Å². The molecule has 0 spiro atoms. The molecule has 0 saturated carbocycles. The molecule has 0 fully saturated rings. The standard InChI is InChI=1S/C17H17NO2/c1-19-16-9-10-17(15(12-16)13-18)20-11-5-8-14-6-3-2-4-7-14/h2-4,6-7,9-10,12H,11,13,18H2,1H3. The molecule has 2 aromatic carbocycles. The van der Waals surface area contributed by atoms with Crippen LogP contribution < -0.4 is 15.2 Å². The zero-order valence-corrected chi connectivity index (χ0v) is 11.4. The maximum absolute atomic E-state index is 5.70. The molecule has 0 radical (unpaired) electrons. The van der Waals surface area contributed by atoms with Gasteiger partial charge in [0, 0.05) is 17.7 Å². The lowest BCUT2D eigenvalue weighted by Gasteiger charge is -2.09. The summed E-state index contributed by atoms with van der Waals surface area (Å²) in [7, 11) is 1.63. The van der Waals surface area contributed by atoms with E-state index in [1.807, 2.05) is 48.5 Å². The Kier molecular flexibility index (Phi) is 5.05. The van der Waals surface area contributed by atoms with Gasteiger partial charge in [-0.15, -0.1) is 0 Å². The van der Waals surface area contributed by atoms with E-state index in [9.17, 15) is 0 Å². The van der Waals surface area contributed by atoms with E-state index in [-0.39, 0.29) is 0 Å². The van der Waals surface area contributed by atoms with Gasteiger partial charge in [0.25, 0.3) is 0 Å². The molecule has 3 nitrogen and oxygen atoms in total. The summed E-state index contributed by atoms with van der Waals surface area (Å²) in [5.74, 6) is 7.55. The monoisotopic (exact) mass is 267 g/mol. The molecule has 2 aromatic rings. The van der Waals surface area contributed by atoms with E-state index in [1.54, 1.807) is 7.11 Å². The normalized spacial score (nSPS) is 9.50. The molecular weight excluding hydrogens is 250 g/mol. The van der Waals surface area contributed by atoms with Gasteiger partial charge >= 0.3 is 0 Å². The molecule has 0 atom stereocenters. The summed E-state index contributed by atoms with van der Waals surface area (Å²) >= 11 is 0. The summed E-state index contributed by atoms with van der Waals surface area (Å²) in [6.45, 7) is 0.729. The first-order chi connectivity index (χ1) is 9.83. The van der Waals surface area contributed by atoms with Crippen LogP contribution in [0.5, 0.6) is 11.5 Å². The maximum Gasteiger partial charge on any atom is 0.149 e. The molecule has 0 aliphatic carbocycles. The van der Waals surface area contributed by atoms with Crippen molar-refractivity contribution in [3.8, 4) is 23.3 Å². The summed E-state index contributed by atoms with van der Waals surface area (Å²) in [6.07, 6.45) is 0. The number of ether oxygens (including phenoxy) is 2. The third-order valence-electron chi connectivity index (χ3n) is 2.79. The molecule has 0 bridgehead atoms. The van der Waals surface area contributed by atoms with Crippen molar-refractivity contribution in [3.05, 3.63) is 59.7 Å². The number of nitrogens with two attached hydrogens (primary N) is 1. The topological polar surface area (TPSA) is 44.5 Å². The van der Waals surface area contributed by atoms with Gasteiger partial charge in [-0.2, -0.15) is 0 Å². The van der Waals surface area contributed by atoms with Gasteiger partial charge in [-0.3, -0.25) is 0 Å². The average molecular weight is 267 g/mol. The minimum atomic E-state index is 0.328. The molecule has 20 heavy (non-hydrogen) atoms. The first-order valence-corrected chi connectivity index (χ1v) is 6.37. The highest BCUT2D eigenvalue weighted by Crippen LogP contribution is 2.23. The molecule has 0 aromatic heterocycles. The zero-order valence-electron chi connectivity index (χ0n) is 11.4. The van der Waals surface area contributed by atoms with Crippen molar-refractivity contribution in [1.82, 2.24) is 0 Å². The molecule has 2 N–H and O–H groups in total. The van der Waals surface area contributed by atoms with Crippen molar-refractivity contribution in [1.29, 1.82) is 0 Å². The van der Waals surface area contributed by atoms with E-state index in [0.29, 0.717) is 13.2 Å². The fourth-order valence-electron chi connectivity index (χ4n) is 1.76. The van der Waals surface area contributed by atoms with Gasteiger partial charge in [0.1, 0.15) is 18.1 Å². The average Bonchev–Trinajstić information content (AvgIpc) is 2.52. The number of rotatable bonds is 4. The molecule has 102 valence electrons. The van der Waals surface area contributed by atoms with Crippen LogP contribution in [0, 0.1) is 11.8 Å². The first kappa shape index (κ1) is 14.0. The molecule has 2 rings (SSSR count). The Bertz CT molecular complexity index is 612. The first-order valence-electron chi connectivity index (χ1n) is 6.37. The predicted octanol–water partition coefficient (Wildman–Crippen LogP) is 2.58. The van der Waals surface area contributed by atoms with E-state index >= 15 is 0 Å². The van der Waals surface area contributed by atoms with E-state index in [0.717, 1.165) is 22.6 Å². The fourth-order valence-corrected chi connectivity index (χ4v) is 1.76. The lowest BCUT2D eigenvalue weighted by Crippen LogP contribution is -2.03. The van der Waals surface area contributed by atoms with Crippen molar-refractivity contribution < 1.29 is 9.47 Å². The van der Waals surface area contributed by atoms with Crippen molar-refractivity contribution in [2.75, 3.05) is 13.7 Å². The van der Waals surface area contributed by atoms with Crippen LogP contribution in [0.2, 0.25) is 0 Å². The second kappa shape index (κ2) is 7.22. The van der Waals surface area contributed by atoms with E-state index in [4.69, 9.17) is 15.2 Å². The molecule has 0 amide bonds. The van der Waals surface area contributed by atoms with Crippen molar-refractivity contribution in [3.63, 3.8) is 0 Å². The minimum Gasteiger partial charge on any atom is -0.497 e. The maximum atomic E-state index is 5.70. The molecule has 3 heteroatoms. The van der Waals surface area contributed by atoms with Gasteiger partial charge in [0.05, 0.1) is 7.11 Å². The van der Waals surface area contributed by atoms with Crippen molar-refractivity contribution in [2.24, 2.45) is 5.73 Å². The van der Waals surface area contributed by atoms with Crippen LogP contribution in [0.15, 0.2) is 48.5 Å². The Balaban J connectivity index is 1.99. The quantitative estimate of drug-likeness (QED) is 0.866. The Hall–Kier alpha value is -2.44. The Morgan fingerprint density at radius 1 is 1.10 bits per heavy atom. The van der Waals surface area contributed by atoms with Crippen LogP contribution in [0.4, 0.5) is 0 Å². The zero-order chi connectivity index (χ0) is 14.2. The van der Waals surface area contributed by atoms with E-state index in [2.05, 4.69) is 11.8 Å². The summed E-state index contributed by atoms with van der Waals surface area (Å²) in [6, 6.07) is 15.4. The number of benzene rings is 2. The van der Waals surface area contributed by atoms with Crippen LogP contribution in [0.3, 0.4) is 0 Å². The highest BCUT2D eigenvalue weighted by Gasteiger charge is 2.03. The Morgan fingerprint density at radius 2 is 1.90 bits per heavy atom. The lowest BCUT2D eigenvalue weighted by molar-refractivity contribution is 0.363. The summed E-state index contributed by atoms with van der Waals surface area (Å²) < 4.78 is 10.8. The Labute approximate surface area is 119 Å². The third-order valence-corrected chi connectivity index (χ3v) is 2.79. The largest absolute Gasteiger partial charge is 0.497 e. The smallest absolute Gasteiger partial charge is 0.149 e.